The molecular weight excluding hydrogens is 268 g/mol. The Hall–Kier alpha value is -1.91. The highest BCUT2D eigenvalue weighted by molar-refractivity contribution is 6.18. The Morgan fingerprint density at radius 3 is 2.50 bits per heavy atom. The number of halogens is 1. The van der Waals surface area contributed by atoms with Gasteiger partial charge in [0.15, 0.2) is 0 Å². The normalized spacial score (nSPS) is 9.70. The maximum Gasteiger partial charge on any atom is 0.119 e. The lowest BCUT2D eigenvalue weighted by atomic mass is 10.1. The third kappa shape index (κ3) is 4.33. The summed E-state index contributed by atoms with van der Waals surface area (Å²) in [4.78, 5) is 0. The summed E-state index contributed by atoms with van der Waals surface area (Å²) in [5.74, 6) is 7.51. The number of hydrogen-bond acceptors (Lipinski definition) is 1. The van der Waals surface area contributed by atoms with E-state index in [0.29, 0.717) is 18.9 Å². The number of ether oxygens (including phenoxy) is 1. The molecule has 0 radical (unpaired) electrons. The zero-order chi connectivity index (χ0) is 14.2. The van der Waals surface area contributed by atoms with E-state index in [4.69, 9.17) is 16.3 Å². The summed E-state index contributed by atoms with van der Waals surface area (Å²) in [7, 11) is 0. The lowest BCUT2D eigenvalue weighted by Crippen LogP contribution is -1.97. The van der Waals surface area contributed by atoms with Gasteiger partial charge >= 0.3 is 0 Å². The summed E-state index contributed by atoms with van der Waals surface area (Å²) in [6.07, 6.45) is 0.715. The standard InChI is InChI=1S/C18H17ClO/c1-15-6-2-3-8-17(15)14-20-18-11-9-16(10-12-18)7-4-5-13-19/h2-3,6,8-12H,5,13-14H2,1H3. The van der Waals surface area contributed by atoms with Gasteiger partial charge in [-0.25, -0.2) is 0 Å². The molecule has 2 aromatic carbocycles. The van der Waals surface area contributed by atoms with Crippen LogP contribution in [0.25, 0.3) is 0 Å². The fourth-order valence-electron chi connectivity index (χ4n) is 1.78. The summed E-state index contributed by atoms with van der Waals surface area (Å²) in [6.45, 7) is 2.68. The fourth-order valence-corrected chi connectivity index (χ4v) is 1.87. The molecular formula is C18H17ClO. The van der Waals surface area contributed by atoms with Crippen molar-refractivity contribution in [2.24, 2.45) is 0 Å². The van der Waals surface area contributed by atoms with Gasteiger partial charge in [-0.3, -0.25) is 0 Å². The molecule has 0 bridgehead atoms. The molecule has 0 N–H and O–H groups in total. The van der Waals surface area contributed by atoms with Gasteiger partial charge < -0.3 is 4.74 Å². The van der Waals surface area contributed by atoms with Crippen LogP contribution in [0.15, 0.2) is 48.5 Å². The van der Waals surface area contributed by atoms with Crippen molar-refractivity contribution >= 4 is 11.6 Å². The van der Waals surface area contributed by atoms with Crippen LogP contribution in [0.4, 0.5) is 0 Å². The molecule has 0 aliphatic heterocycles. The summed E-state index contributed by atoms with van der Waals surface area (Å²) in [5, 5.41) is 0. The number of alkyl halides is 1. The number of hydrogen-bond donors (Lipinski definition) is 0. The van der Waals surface area contributed by atoms with Crippen LogP contribution >= 0.6 is 11.6 Å². The van der Waals surface area contributed by atoms with Gasteiger partial charge in [-0.2, -0.15) is 0 Å². The second-order valence-corrected chi connectivity index (χ2v) is 4.86. The SMILES string of the molecule is Cc1ccccc1COc1ccc(C#CCCCl)cc1. The van der Waals surface area contributed by atoms with E-state index in [2.05, 4.69) is 30.9 Å². The third-order valence-electron chi connectivity index (χ3n) is 2.96. The Morgan fingerprint density at radius 1 is 1.05 bits per heavy atom. The van der Waals surface area contributed by atoms with Gasteiger partial charge in [0.2, 0.25) is 0 Å². The van der Waals surface area contributed by atoms with Crippen LogP contribution in [-0.4, -0.2) is 5.88 Å². The van der Waals surface area contributed by atoms with Crippen LogP contribution in [0, 0.1) is 18.8 Å². The van der Waals surface area contributed by atoms with Crippen LogP contribution in [0.2, 0.25) is 0 Å². The van der Waals surface area contributed by atoms with Crippen molar-refractivity contribution in [1.29, 1.82) is 0 Å². The zero-order valence-electron chi connectivity index (χ0n) is 11.5. The molecule has 0 spiro atoms. The van der Waals surface area contributed by atoms with Crippen LogP contribution < -0.4 is 4.74 Å². The first kappa shape index (κ1) is 14.5. The monoisotopic (exact) mass is 284 g/mol. The van der Waals surface area contributed by atoms with Gasteiger partial charge in [0.1, 0.15) is 12.4 Å². The number of rotatable bonds is 4. The topological polar surface area (TPSA) is 9.23 Å². The molecule has 1 nitrogen and oxygen atoms in total. The van der Waals surface area contributed by atoms with Crippen molar-refractivity contribution in [1.82, 2.24) is 0 Å². The second-order valence-electron chi connectivity index (χ2n) is 4.48. The Bertz CT molecular complexity index is 605. The summed E-state index contributed by atoms with van der Waals surface area (Å²) in [5.41, 5.74) is 3.44. The first-order valence-corrected chi connectivity index (χ1v) is 7.15. The highest BCUT2D eigenvalue weighted by Crippen LogP contribution is 2.15. The summed E-state index contributed by atoms with van der Waals surface area (Å²) in [6, 6.07) is 16.1. The predicted octanol–water partition coefficient (Wildman–Crippen LogP) is 4.55. The van der Waals surface area contributed by atoms with Crippen LogP contribution in [-0.2, 0) is 6.61 Å². The molecule has 102 valence electrons. The summed E-state index contributed by atoms with van der Waals surface area (Å²) < 4.78 is 5.78. The van der Waals surface area contributed by atoms with Crippen LogP contribution in [0.1, 0.15) is 23.1 Å². The van der Waals surface area contributed by atoms with Crippen molar-refractivity contribution in [2.45, 2.75) is 20.0 Å². The Morgan fingerprint density at radius 2 is 1.80 bits per heavy atom. The van der Waals surface area contributed by atoms with E-state index < -0.39 is 0 Å². The minimum atomic E-state index is 0.574. The van der Waals surface area contributed by atoms with Crippen LogP contribution in [0.3, 0.4) is 0 Å². The molecule has 2 rings (SSSR count). The Balaban J connectivity index is 1.95. The molecule has 0 aliphatic rings. The minimum Gasteiger partial charge on any atom is -0.489 e. The molecule has 0 aromatic heterocycles. The lowest BCUT2D eigenvalue weighted by molar-refractivity contribution is 0.305. The largest absolute Gasteiger partial charge is 0.489 e. The average Bonchev–Trinajstić information content (AvgIpc) is 2.48. The smallest absolute Gasteiger partial charge is 0.119 e. The van der Waals surface area contributed by atoms with Gasteiger partial charge in [-0.1, -0.05) is 36.1 Å². The molecule has 0 amide bonds. The van der Waals surface area contributed by atoms with Crippen LogP contribution in [0.5, 0.6) is 5.75 Å². The van der Waals surface area contributed by atoms with E-state index in [-0.39, 0.29) is 0 Å². The van der Waals surface area contributed by atoms with E-state index in [1.807, 2.05) is 36.4 Å². The molecule has 2 heteroatoms. The summed E-state index contributed by atoms with van der Waals surface area (Å²) >= 11 is 5.58. The molecule has 0 aliphatic carbocycles. The van der Waals surface area contributed by atoms with E-state index in [1.54, 1.807) is 0 Å². The third-order valence-corrected chi connectivity index (χ3v) is 3.15. The maximum absolute atomic E-state index is 5.78. The molecule has 20 heavy (non-hydrogen) atoms. The Kier molecular flexibility index (Phi) is 5.53. The van der Waals surface area contributed by atoms with Crippen molar-refractivity contribution in [3.8, 4) is 17.6 Å². The van der Waals surface area contributed by atoms with E-state index in [9.17, 15) is 0 Å². The molecule has 0 saturated heterocycles. The second kappa shape index (κ2) is 7.62. The molecule has 0 atom stereocenters. The van der Waals surface area contributed by atoms with Crippen molar-refractivity contribution < 1.29 is 4.74 Å². The van der Waals surface area contributed by atoms with Gasteiger partial charge in [0.25, 0.3) is 0 Å². The quantitative estimate of drug-likeness (QED) is 0.591. The highest BCUT2D eigenvalue weighted by Gasteiger charge is 1.98. The van der Waals surface area contributed by atoms with E-state index >= 15 is 0 Å². The predicted molar refractivity (Wildman–Crippen MR) is 84.2 cm³/mol. The molecule has 0 fully saturated rings. The Labute approximate surface area is 125 Å². The van der Waals surface area contributed by atoms with E-state index in [1.165, 1.54) is 11.1 Å². The molecule has 0 unspecified atom stereocenters. The van der Waals surface area contributed by atoms with Gasteiger partial charge in [-0.05, 0) is 42.3 Å². The van der Waals surface area contributed by atoms with E-state index in [0.717, 1.165) is 11.3 Å². The first-order chi connectivity index (χ1) is 9.79. The minimum absolute atomic E-state index is 0.574. The number of benzene rings is 2. The van der Waals surface area contributed by atoms with Gasteiger partial charge in [0.05, 0.1) is 0 Å². The first-order valence-electron chi connectivity index (χ1n) is 6.62. The van der Waals surface area contributed by atoms with Crippen molar-refractivity contribution in [2.75, 3.05) is 5.88 Å². The van der Waals surface area contributed by atoms with Gasteiger partial charge in [-0.15, -0.1) is 11.6 Å². The average molecular weight is 285 g/mol. The molecule has 0 saturated carbocycles. The lowest BCUT2D eigenvalue weighted by Gasteiger charge is -2.08. The van der Waals surface area contributed by atoms with Gasteiger partial charge in [0, 0.05) is 17.9 Å². The fraction of sp³-hybridized carbons (Fsp3) is 0.222. The number of aryl methyl sites for hydroxylation is 1. The highest BCUT2D eigenvalue weighted by atomic mass is 35.5. The van der Waals surface area contributed by atoms with Crippen molar-refractivity contribution in [3.63, 3.8) is 0 Å². The zero-order valence-corrected chi connectivity index (χ0v) is 12.3. The molecule has 0 heterocycles. The maximum atomic E-state index is 5.78. The molecule has 2 aromatic rings. The van der Waals surface area contributed by atoms with Crippen molar-refractivity contribution in [3.05, 3.63) is 65.2 Å².